The average molecular weight is 298 g/mol. The molecule has 110 valence electrons. The lowest BCUT2D eigenvalue weighted by Gasteiger charge is -2.11. The van der Waals surface area contributed by atoms with Gasteiger partial charge in [-0.2, -0.15) is 0 Å². The molecule has 0 spiro atoms. The van der Waals surface area contributed by atoms with Crippen molar-refractivity contribution in [1.29, 1.82) is 0 Å². The number of hydrogen-bond donors (Lipinski definition) is 2. The Morgan fingerprint density at radius 1 is 1.30 bits per heavy atom. The van der Waals surface area contributed by atoms with Crippen LogP contribution in [0.5, 0.6) is 11.5 Å². The van der Waals surface area contributed by atoms with Gasteiger partial charge in [0.2, 0.25) is 5.91 Å². The van der Waals surface area contributed by atoms with Gasteiger partial charge in [0.15, 0.2) is 0 Å². The molecule has 1 aromatic carbocycles. The fraction of sp³-hybridized carbons (Fsp3) is 0.385. The Kier molecular flexibility index (Phi) is 6.72. The van der Waals surface area contributed by atoms with Gasteiger partial charge >= 0.3 is 6.03 Å². The number of carbonyl (C=O) groups is 2. The maximum Gasteiger partial charge on any atom is 0.318 e. The lowest BCUT2D eigenvalue weighted by atomic mass is 10.3. The first-order valence-electron chi connectivity index (χ1n) is 6.01. The summed E-state index contributed by atoms with van der Waals surface area (Å²) >= 11 is 1.38. The van der Waals surface area contributed by atoms with Crippen molar-refractivity contribution in [2.24, 2.45) is 5.73 Å². The summed E-state index contributed by atoms with van der Waals surface area (Å²) in [6, 6.07) is 6.41. The van der Waals surface area contributed by atoms with E-state index in [0.717, 1.165) is 11.5 Å². The summed E-state index contributed by atoms with van der Waals surface area (Å²) in [5, 5.41) is 1.68. The summed E-state index contributed by atoms with van der Waals surface area (Å²) < 4.78 is 10.6. The van der Waals surface area contributed by atoms with Crippen molar-refractivity contribution < 1.29 is 19.1 Å². The van der Waals surface area contributed by atoms with E-state index in [1.54, 1.807) is 14.0 Å². The molecule has 1 aromatic rings. The Morgan fingerprint density at radius 3 is 2.45 bits per heavy atom. The molecule has 7 heteroatoms. The maximum atomic E-state index is 11.4. The zero-order chi connectivity index (χ0) is 15.0. The van der Waals surface area contributed by atoms with Crippen molar-refractivity contribution in [3.05, 3.63) is 24.3 Å². The standard InChI is InChI=1S/C13H18N2O4S/c1-9(12(16)15-13(14)17)20-8-7-19-11-5-3-10(18-2)4-6-11/h3-6,9H,7-8H2,1-2H3,(H3,14,15,16,17)/t9-/m1/s1. The number of primary amides is 1. The number of benzene rings is 1. The van der Waals surface area contributed by atoms with E-state index < -0.39 is 11.9 Å². The van der Waals surface area contributed by atoms with Crippen molar-refractivity contribution in [2.45, 2.75) is 12.2 Å². The van der Waals surface area contributed by atoms with E-state index in [2.05, 4.69) is 0 Å². The molecular weight excluding hydrogens is 280 g/mol. The van der Waals surface area contributed by atoms with E-state index >= 15 is 0 Å². The quantitative estimate of drug-likeness (QED) is 0.742. The third-order valence-electron chi connectivity index (χ3n) is 2.39. The fourth-order valence-corrected chi connectivity index (χ4v) is 2.10. The predicted molar refractivity (Wildman–Crippen MR) is 78.1 cm³/mol. The summed E-state index contributed by atoms with van der Waals surface area (Å²) in [5.41, 5.74) is 4.87. The minimum atomic E-state index is -0.836. The molecule has 0 aliphatic heterocycles. The molecule has 0 fully saturated rings. The molecule has 3 N–H and O–H groups in total. The average Bonchev–Trinajstić information content (AvgIpc) is 2.43. The lowest BCUT2D eigenvalue weighted by molar-refractivity contribution is -0.119. The van der Waals surface area contributed by atoms with E-state index in [-0.39, 0.29) is 5.25 Å². The number of hydrogen-bond acceptors (Lipinski definition) is 5. The van der Waals surface area contributed by atoms with Gasteiger partial charge < -0.3 is 15.2 Å². The monoisotopic (exact) mass is 298 g/mol. The van der Waals surface area contributed by atoms with Crippen molar-refractivity contribution in [3.63, 3.8) is 0 Å². The second-order valence-electron chi connectivity index (χ2n) is 3.89. The zero-order valence-corrected chi connectivity index (χ0v) is 12.2. The molecule has 0 aromatic heterocycles. The minimum Gasteiger partial charge on any atom is -0.497 e. The highest BCUT2D eigenvalue weighted by Crippen LogP contribution is 2.17. The number of nitrogens with two attached hydrogens (primary N) is 1. The highest BCUT2D eigenvalue weighted by molar-refractivity contribution is 8.00. The first-order valence-corrected chi connectivity index (χ1v) is 7.06. The number of thioether (sulfide) groups is 1. The molecule has 1 atom stereocenters. The molecule has 0 heterocycles. The van der Waals surface area contributed by atoms with E-state index in [1.807, 2.05) is 29.6 Å². The van der Waals surface area contributed by atoms with Crippen molar-refractivity contribution in [3.8, 4) is 11.5 Å². The van der Waals surface area contributed by atoms with Crippen LogP contribution < -0.4 is 20.5 Å². The number of ether oxygens (including phenoxy) is 2. The Morgan fingerprint density at radius 2 is 1.90 bits per heavy atom. The van der Waals surface area contributed by atoms with Crippen LogP contribution in [0.2, 0.25) is 0 Å². The van der Waals surface area contributed by atoms with Crippen LogP contribution >= 0.6 is 11.8 Å². The summed E-state index contributed by atoms with van der Waals surface area (Å²) in [6.45, 7) is 2.17. The maximum absolute atomic E-state index is 11.4. The van der Waals surface area contributed by atoms with Gasteiger partial charge in [-0.25, -0.2) is 4.79 Å². The molecular formula is C13H18N2O4S. The summed E-state index contributed by atoms with van der Waals surface area (Å²) in [7, 11) is 1.60. The van der Waals surface area contributed by atoms with Crippen molar-refractivity contribution in [1.82, 2.24) is 5.32 Å². The number of urea groups is 1. The number of amides is 3. The molecule has 0 radical (unpaired) electrons. The summed E-state index contributed by atoms with van der Waals surface area (Å²) in [4.78, 5) is 21.9. The van der Waals surface area contributed by atoms with Gasteiger partial charge in [0, 0.05) is 5.75 Å². The Hall–Kier alpha value is -1.89. The number of rotatable bonds is 7. The highest BCUT2D eigenvalue weighted by atomic mass is 32.2. The molecule has 0 bridgehead atoms. The molecule has 0 aliphatic carbocycles. The molecule has 0 saturated carbocycles. The van der Waals surface area contributed by atoms with Crippen LogP contribution in [0.1, 0.15) is 6.92 Å². The fourth-order valence-electron chi connectivity index (χ4n) is 1.36. The van der Waals surface area contributed by atoms with Crippen LogP contribution in [-0.2, 0) is 4.79 Å². The first-order chi connectivity index (χ1) is 9.52. The van der Waals surface area contributed by atoms with E-state index in [0.29, 0.717) is 12.4 Å². The molecule has 1 rings (SSSR count). The van der Waals surface area contributed by atoms with Crippen LogP contribution in [0.15, 0.2) is 24.3 Å². The van der Waals surface area contributed by atoms with Crippen LogP contribution in [0, 0.1) is 0 Å². The van der Waals surface area contributed by atoms with Crippen molar-refractivity contribution >= 4 is 23.7 Å². The Labute approximate surface area is 122 Å². The van der Waals surface area contributed by atoms with Gasteiger partial charge in [-0.05, 0) is 31.2 Å². The van der Waals surface area contributed by atoms with Crippen LogP contribution in [0.4, 0.5) is 4.79 Å². The van der Waals surface area contributed by atoms with Gasteiger partial charge in [0.1, 0.15) is 11.5 Å². The third-order valence-corrected chi connectivity index (χ3v) is 3.51. The van der Waals surface area contributed by atoms with E-state index in [1.165, 1.54) is 11.8 Å². The molecule has 0 aliphatic rings. The van der Waals surface area contributed by atoms with Crippen molar-refractivity contribution in [2.75, 3.05) is 19.5 Å². The van der Waals surface area contributed by atoms with Gasteiger partial charge in [0.05, 0.1) is 19.0 Å². The number of carbonyl (C=O) groups excluding carboxylic acids is 2. The van der Waals surface area contributed by atoms with E-state index in [4.69, 9.17) is 15.2 Å². The largest absolute Gasteiger partial charge is 0.497 e. The van der Waals surface area contributed by atoms with Crippen LogP contribution in [0.25, 0.3) is 0 Å². The normalized spacial score (nSPS) is 11.5. The molecule has 20 heavy (non-hydrogen) atoms. The molecule has 6 nitrogen and oxygen atoms in total. The van der Waals surface area contributed by atoms with Gasteiger partial charge in [-0.3, -0.25) is 10.1 Å². The van der Waals surface area contributed by atoms with Crippen LogP contribution in [0.3, 0.4) is 0 Å². The first kappa shape index (κ1) is 16.2. The number of nitrogens with one attached hydrogen (secondary N) is 1. The zero-order valence-electron chi connectivity index (χ0n) is 11.4. The smallest absolute Gasteiger partial charge is 0.318 e. The lowest BCUT2D eigenvalue weighted by Crippen LogP contribution is -2.39. The minimum absolute atomic E-state index is 0.359. The Balaban J connectivity index is 2.23. The van der Waals surface area contributed by atoms with Gasteiger partial charge in [-0.15, -0.1) is 11.8 Å². The second-order valence-corrected chi connectivity index (χ2v) is 5.34. The topological polar surface area (TPSA) is 90.7 Å². The predicted octanol–water partition coefficient (Wildman–Crippen LogP) is 1.39. The summed E-state index contributed by atoms with van der Waals surface area (Å²) in [5.74, 6) is 1.73. The second kappa shape index (κ2) is 8.31. The van der Waals surface area contributed by atoms with Gasteiger partial charge in [0.25, 0.3) is 0 Å². The van der Waals surface area contributed by atoms with Crippen LogP contribution in [-0.4, -0.2) is 36.7 Å². The Bertz CT molecular complexity index is 450. The molecule has 0 saturated heterocycles. The summed E-state index contributed by atoms with van der Waals surface area (Å²) in [6.07, 6.45) is 0. The molecule has 0 unspecified atom stereocenters. The number of imide groups is 1. The molecule has 3 amide bonds. The number of methoxy groups -OCH3 is 1. The van der Waals surface area contributed by atoms with E-state index in [9.17, 15) is 9.59 Å². The third kappa shape index (κ3) is 5.83. The SMILES string of the molecule is COc1ccc(OCCS[C@H](C)C(=O)NC(N)=O)cc1. The van der Waals surface area contributed by atoms with Gasteiger partial charge in [-0.1, -0.05) is 0 Å². The highest BCUT2D eigenvalue weighted by Gasteiger charge is 2.14.